The highest BCUT2D eigenvalue weighted by molar-refractivity contribution is 6.35. The van der Waals surface area contributed by atoms with Crippen LogP contribution < -0.4 is 10.6 Å². The highest BCUT2D eigenvalue weighted by atomic mass is 35.5. The first-order chi connectivity index (χ1) is 9.00. The van der Waals surface area contributed by atoms with Gasteiger partial charge in [-0.1, -0.05) is 30.7 Å². The highest BCUT2D eigenvalue weighted by Crippen LogP contribution is 2.43. The summed E-state index contributed by atoms with van der Waals surface area (Å²) >= 11 is 6.09. The molecule has 5 heteroatoms. The fraction of sp³-hybridized carbons (Fsp3) is 0.214. The van der Waals surface area contributed by atoms with Crippen molar-refractivity contribution >= 4 is 34.0 Å². The minimum Gasteiger partial charge on any atom is -0.370 e. The van der Waals surface area contributed by atoms with Gasteiger partial charge in [0.15, 0.2) is 5.96 Å². The summed E-state index contributed by atoms with van der Waals surface area (Å²) in [5, 5.41) is 9.25. The van der Waals surface area contributed by atoms with E-state index >= 15 is 0 Å². The first-order valence-electron chi connectivity index (χ1n) is 6.03. The van der Waals surface area contributed by atoms with Crippen LogP contribution in [0.3, 0.4) is 0 Å². The second kappa shape index (κ2) is 4.10. The number of hydrogen-bond donors (Lipinski definition) is 2. The number of rotatable bonds is 0. The minimum atomic E-state index is -0.375. The van der Waals surface area contributed by atoms with Crippen molar-refractivity contribution < 1.29 is 4.39 Å². The van der Waals surface area contributed by atoms with Gasteiger partial charge in [0.1, 0.15) is 5.82 Å². The SMILES string of the molecule is CC1CN(C(=N)N)c2cc(F)c3c(Cl)cccc3c21. The van der Waals surface area contributed by atoms with E-state index in [0.29, 0.717) is 22.6 Å². The van der Waals surface area contributed by atoms with Crippen molar-refractivity contribution in [3.05, 3.63) is 40.7 Å². The van der Waals surface area contributed by atoms with Gasteiger partial charge < -0.3 is 10.6 Å². The van der Waals surface area contributed by atoms with Crippen LogP contribution in [0.2, 0.25) is 5.02 Å². The quantitative estimate of drug-likeness (QED) is 0.572. The zero-order chi connectivity index (χ0) is 13.7. The minimum absolute atomic E-state index is 0.0635. The second-order valence-corrected chi connectivity index (χ2v) is 5.26. The van der Waals surface area contributed by atoms with Gasteiger partial charge in [0.05, 0.1) is 10.7 Å². The fourth-order valence-corrected chi connectivity index (χ4v) is 3.10. The van der Waals surface area contributed by atoms with E-state index in [-0.39, 0.29) is 17.7 Å². The Morgan fingerprint density at radius 1 is 1.53 bits per heavy atom. The van der Waals surface area contributed by atoms with Crippen LogP contribution in [0.15, 0.2) is 24.3 Å². The molecule has 0 radical (unpaired) electrons. The topological polar surface area (TPSA) is 53.1 Å². The number of guanidine groups is 1. The largest absolute Gasteiger partial charge is 0.370 e. The number of fused-ring (bicyclic) bond motifs is 3. The zero-order valence-corrected chi connectivity index (χ0v) is 11.1. The summed E-state index contributed by atoms with van der Waals surface area (Å²) in [5.74, 6) is -0.258. The zero-order valence-electron chi connectivity index (χ0n) is 10.4. The molecule has 1 aliphatic heterocycles. The predicted molar refractivity (Wildman–Crippen MR) is 76.6 cm³/mol. The molecule has 19 heavy (non-hydrogen) atoms. The lowest BCUT2D eigenvalue weighted by Crippen LogP contribution is -2.35. The number of nitrogens with one attached hydrogen (secondary N) is 1. The van der Waals surface area contributed by atoms with Crippen molar-refractivity contribution in [1.82, 2.24) is 0 Å². The summed E-state index contributed by atoms with van der Waals surface area (Å²) in [7, 11) is 0. The summed E-state index contributed by atoms with van der Waals surface area (Å²) in [4.78, 5) is 1.63. The molecule has 0 aromatic heterocycles. The molecule has 1 unspecified atom stereocenters. The summed E-state index contributed by atoms with van der Waals surface area (Å²) in [5.41, 5.74) is 7.24. The van der Waals surface area contributed by atoms with Crippen LogP contribution in [0.5, 0.6) is 0 Å². The van der Waals surface area contributed by atoms with Crippen molar-refractivity contribution in [2.24, 2.45) is 5.73 Å². The van der Waals surface area contributed by atoms with E-state index in [9.17, 15) is 4.39 Å². The number of halogens is 2. The monoisotopic (exact) mass is 277 g/mol. The number of hydrogen-bond acceptors (Lipinski definition) is 1. The normalized spacial score (nSPS) is 17.8. The number of nitrogens with zero attached hydrogens (tertiary/aromatic N) is 1. The Morgan fingerprint density at radius 2 is 2.26 bits per heavy atom. The molecular formula is C14H13ClFN3. The lowest BCUT2D eigenvalue weighted by Gasteiger charge is -2.17. The first-order valence-corrected chi connectivity index (χ1v) is 6.40. The molecule has 0 saturated carbocycles. The van der Waals surface area contributed by atoms with Crippen molar-refractivity contribution in [1.29, 1.82) is 5.41 Å². The maximum atomic E-state index is 14.2. The molecule has 0 aliphatic carbocycles. The molecule has 1 heterocycles. The summed E-state index contributed by atoms with van der Waals surface area (Å²) in [6.45, 7) is 2.63. The maximum Gasteiger partial charge on any atom is 0.192 e. The molecule has 98 valence electrons. The molecule has 2 aromatic carbocycles. The molecule has 0 amide bonds. The Balaban J connectivity index is 2.40. The van der Waals surface area contributed by atoms with Gasteiger partial charge in [0.25, 0.3) is 0 Å². The van der Waals surface area contributed by atoms with Crippen LogP contribution in [0, 0.1) is 11.2 Å². The second-order valence-electron chi connectivity index (χ2n) is 4.85. The van der Waals surface area contributed by atoms with Crippen LogP contribution in [0.25, 0.3) is 10.8 Å². The van der Waals surface area contributed by atoms with Crippen LogP contribution in [0.1, 0.15) is 18.4 Å². The third-order valence-electron chi connectivity index (χ3n) is 3.61. The predicted octanol–water partition coefficient (Wildman–Crippen LogP) is 3.45. The van der Waals surface area contributed by atoms with Gasteiger partial charge in [-0.15, -0.1) is 0 Å². The van der Waals surface area contributed by atoms with Crippen LogP contribution in [0.4, 0.5) is 10.1 Å². The van der Waals surface area contributed by atoms with Gasteiger partial charge in [-0.3, -0.25) is 5.41 Å². The van der Waals surface area contributed by atoms with Gasteiger partial charge in [-0.2, -0.15) is 0 Å². The van der Waals surface area contributed by atoms with Gasteiger partial charge in [-0.25, -0.2) is 4.39 Å². The maximum absolute atomic E-state index is 14.2. The lowest BCUT2D eigenvalue weighted by atomic mass is 9.96. The highest BCUT2D eigenvalue weighted by Gasteiger charge is 2.30. The van der Waals surface area contributed by atoms with Crippen molar-refractivity contribution in [2.75, 3.05) is 11.4 Å². The molecule has 1 atom stereocenters. The first kappa shape index (κ1) is 12.2. The average molecular weight is 278 g/mol. The molecule has 0 fully saturated rings. The molecule has 2 aromatic rings. The van der Waals surface area contributed by atoms with E-state index in [4.69, 9.17) is 22.7 Å². The summed E-state index contributed by atoms with van der Waals surface area (Å²) in [6, 6.07) is 6.78. The van der Waals surface area contributed by atoms with E-state index in [2.05, 4.69) is 0 Å². The van der Waals surface area contributed by atoms with Crippen molar-refractivity contribution in [3.63, 3.8) is 0 Å². The molecule has 1 aliphatic rings. The van der Waals surface area contributed by atoms with Crippen LogP contribution in [-0.4, -0.2) is 12.5 Å². The molecule has 3 rings (SSSR count). The van der Waals surface area contributed by atoms with Crippen LogP contribution in [-0.2, 0) is 0 Å². The molecule has 0 spiro atoms. The van der Waals surface area contributed by atoms with Gasteiger partial charge >= 0.3 is 0 Å². The van der Waals surface area contributed by atoms with E-state index in [1.54, 1.807) is 11.0 Å². The average Bonchev–Trinajstić information content (AvgIpc) is 2.67. The Labute approximate surface area is 115 Å². The molecule has 0 bridgehead atoms. The van der Waals surface area contributed by atoms with E-state index < -0.39 is 0 Å². The molecule has 3 nitrogen and oxygen atoms in total. The molecular weight excluding hydrogens is 265 g/mol. The smallest absolute Gasteiger partial charge is 0.192 e. The Hall–Kier alpha value is -1.81. The third kappa shape index (κ3) is 1.67. The van der Waals surface area contributed by atoms with Crippen molar-refractivity contribution in [3.8, 4) is 0 Å². The van der Waals surface area contributed by atoms with E-state index in [1.807, 2.05) is 19.1 Å². The van der Waals surface area contributed by atoms with Gasteiger partial charge in [-0.05, 0) is 23.1 Å². The number of nitrogens with two attached hydrogens (primary N) is 1. The Morgan fingerprint density at radius 3 is 2.95 bits per heavy atom. The number of benzene rings is 2. The lowest BCUT2D eigenvalue weighted by molar-refractivity contribution is 0.640. The molecule has 3 N–H and O–H groups in total. The Bertz CT molecular complexity index is 699. The third-order valence-corrected chi connectivity index (χ3v) is 3.93. The summed E-state index contributed by atoms with van der Waals surface area (Å²) in [6.07, 6.45) is 0. The molecule has 0 saturated heterocycles. The standard InChI is InChI=1S/C14H13ClFN3/c1-7-6-19(14(17)18)11-5-10(16)13-8(12(7)11)3-2-4-9(13)15/h2-5,7H,6H2,1H3,(H3,17,18). The Kier molecular flexibility index (Phi) is 2.64. The number of anilines is 1. The van der Waals surface area contributed by atoms with Gasteiger partial charge in [0, 0.05) is 17.8 Å². The summed E-state index contributed by atoms with van der Waals surface area (Å²) < 4.78 is 14.2. The fourth-order valence-electron chi connectivity index (χ4n) is 2.83. The van der Waals surface area contributed by atoms with E-state index in [1.165, 1.54) is 6.07 Å². The van der Waals surface area contributed by atoms with E-state index in [0.717, 1.165) is 10.9 Å². The van der Waals surface area contributed by atoms with Crippen LogP contribution >= 0.6 is 11.6 Å². The van der Waals surface area contributed by atoms with Gasteiger partial charge in [0.2, 0.25) is 0 Å². The van der Waals surface area contributed by atoms with Crippen molar-refractivity contribution in [2.45, 2.75) is 12.8 Å².